The van der Waals surface area contributed by atoms with Crippen molar-refractivity contribution in [2.24, 2.45) is 0 Å². The summed E-state index contributed by atoms with van der Waals surface area (Å²) in [6.45, 7) is 8.73. The van der Waals surface area contributed by atoms with E-state index in [0.29, 0.717) is 13.0 Å². The van der Waals surface area contributed by atoms with E-state index < -0.39 is 0 Å². The third-order valence-electron chi connectivity index (χ3n) is 3.05. The Morgan fingerprint density at radius 2 is 1.86 bits per heavy atom. The predicted octanol–water partition coefficient (Wildman–Crippen LogP) is 3.03. The number of carbonyl (C=O) groups excluding carboxylic acids is 1. The van der Waals surface area contributed by atoms with Crippen LogP contribution < -0.4 is 0 Å². The fourth-order valence-electron chi connectivity index (χ4n) is 1.70. The lowest BCUT2D eigenvalue weighted by atomic mass is 10.00. The first kappa shape index (κ1) is 17.7. The van der Waals surface area contributed by atoms with Crippen LogP contribution in [0.15, 0.2) is 24.3 Å². The highest BCUT2D eigenvalue weighted by atomic mass is 16.5. The van der Waals surface area contributed by atoms with Gasteiger partial charge in [0.1, 0.15) is 0 Å². The number of benzene rings is 1. The highest BCUT2D eigenvalue weighted by Crippen LogP contribution is 2.19. The number of hydrogen-bond acceptors (Lipinski definition) is 4. The van der Waals surface area contributed by atoms with Gasteiger partial charge in [0.2, 0.25) is 0 Å². The molecule has 0 heterocycles. The van der Waals surface area contributed by atoms with Crippen molar-refractivity contribution in [2.45, 2.75) is 52.2 Å². The zero-order chi connectivity index (χ0) is 15.9. The van der Waals surface area contributed by atoms with Gasteiger partial charge in [-0.15, -0.1) is 0 Å². The second-order valence-electron chi connectivity index (χ2n) is 6.11. The first-order valence-electron chi connectivity index (χ1n) is 7.34. The number of aliphatic hydroxyl groups is 1. The van der Waals surface area contributed by atoms with Crippen LogP contribution in [0.25, 0.3) is 0 Å². The Morgan fingerprint density at radius 1 is 1.24 bits per heavy atom. The van der Waals surface area contributed by atoms with Crippen LogP contribution in [0.1, 0.15) is 51.2 Å². The first-order chi connectivity index (χ1) is 9.83. The predicted molar refractivity (Wildman–Crippen MR) is 82.1 cm³/mol. The van der Waals surface area contributed by atoms with Gasteiger partial charge in [-0.05, 0) is 38.8 Å². The molecule has 1 atom stereocenters. The summed E-state index contributed by atoms with van der Waals surface area (Å²) in [7, 11) is 0. The van der Waals surface area contributed by atoms with Crippen molar-refractivity contribution >= 4 is 5.97 Å². The monoisotopic (exact) mass is 294 g/mol. The minimum atomic E-state index is -0.304. The molecule has 1 N–H and O–H groups in total. The maximum atomic E-state index is 11.8. The van der Waals surface area contributed by atoms with Crippen LogP contribution in [0.5, 0.6) is 0 Å². The van der Waals surface area contributed by atoms with Crippen molar-refractivity contribution < 1.29 is 19.4 Å². The summed E-state index contributed by atoms with van der Waals surface area (Å²) in [4.78, 5) is 11.8. The van der Waals surface area contributed by atoms with Crippen molar-refractivity contribution in [3.63, 3.8) is 0 Å². The van der Waals surface area contributed by atoms with Crippen LogP contribution in [0.2, 0.25) is 0 Å². The maximum Gasteiger partial charge on any atom is 0.313 e. The number of ether oxygens (including phenoxy) is 2. The van der Waals surface area contributed by atoms with Gasteiger partial charge in [-0.25, -0.2) is 0 Å². The van der Waals surface area contributed by atoms with Gasteiger partial charge in [-0.2, -0.15) is 0 Å². The van der Waals surface area contributed by atoms with E-state index in [9.17, 15) is 4.79 Å². The summed E-state index contributed by atoms with van der Waals surface area (Å²) < 4.78 is 10.8. The summed E-state index contributed by atoms with van der Waals surface area (Å²) in [6, 6.07) is 7.80. The van der Waals surface area contributed by atoms with E-state index in [0.717, 1.165) is 11.1 Å². The van der Waals surface area contributed by atoms with E-state index >= 15 is 0 Å². The molecule has 1 aromatic rings. The summed E-state index contributed by atoms with van der Waals surface area (Å²) in [5.41, 5.74) is 1.83. The Labute approximate surface area is 127 Å². The van der Waals surface area contributed by atoms with E-state index in [1.165, 1.54) is 0 Å². The van der Waals surface area contributed by atoms with Crippen molar-refractivity contribution in [1.82, 2.24) is 0 Å². The molecular weight excluding hydrogens is 268 g/mol. The zero-order valence-corrected chi connectivity index (χ0v) is 13.4. The zero-order valence-electron chi connectivity index (χ0n) is 13.4. The van der Waals surface area contributed by atoms with E-state index in [-0.39, 0.29) is 30.7 Å². The lowest BCUT2D eigenvalue weighted by Gasteiger charge is -2.19. The molecule has 0 unspecified atom stereocenters. The Morgan fingerprint density at radius 3 is 2.38 bits per heavy atom. The highest BCUT2D eigenvalue weighted by Gasteiger charge is 2.16. The van der Waals surface area contributed by atoms with Crippen LogP contribution in [0.3, 0.4) is 0 Å². The van der Waals surface area contributed by atoms with Crippen molar-refractivity contribution in [3.05, 3.63) is 35.4 Å². The van der Waals surface area contributed by atoms with E-state index in [4.69, 9.17) is 14.6 Å². The van der Waals surface area contributed by atoms with Gasteiger partial charge in [0.05, 0.1) is 24.7 Å². The van der Waals surface area contributed by atoms with Crippen LogP contribution in [-0.2, 0) is 20.9 Å². The first-order valence-corrected chi connectivity index (χ1v) is 7.34. The summed E-state index contributed by atoms with van der Waals surface area (Å²) in [5.74, 6) is -0.566. The molecule has 4 nitrogen and oxygen atoms in total. The fraction of sp³-hybridized carbons (Fsp3) is 0.588. The quantitative estimate of drug-likeness (QED) is 0.620. The summed E-state index contributed by atoms with van der Waals surface area (Å²) in [6.07, 6.45) is 0.474. The van der Waals surface area contributed by atoms with E-state index in [1.54, 1.807) is 0 Å². The van der Waals surface area contributed by atoms with Crippen LogP contribution in [-0.4, -0.2) is 29.9 Å². The SMILES string of the molecule is C[C@@H](C(=O)OCCCO)c1ccc(COC(C)(C)C)cc1. The second kappa shape index (κ2) is 8.15. The molecule has 0 fully saturated rings. The topological polar surface area (TPSA) is 55.8 Å². The van der Waals surface area contributed by atoms with Gasteiger partial charge in [0.15, 0.2) is 0 Å². The molecule has 0 radical (unpaired) electrons. The number of aliphatic hydroxyl groups excluding tert-OH is 1. The third kappa shape index (κ3) is 6.74. The molecule has 1 rings (SSSR count). The highest BCUT2D eigenvalue weighted by molar-refractivity contribution is 5.77. The molecule has 1 aromatic carbocycles. The molecule has 0 saturated carbocycles. The van der Waals surface area contributed by atoms with Crippen LogP contribution >= 0.6 is 0 Å². The van der Waals surface area contributed by atoms with E-state index in [2.05, 4.69) is 0 Å². The lowest BCUT2D eigenvalue weighted by molar-refractivity contribution is -0.145. The Kier molecular flexibility index (Phi) is 6.85. The van der Waals surface area contributed by atoms with Gasteiger partial charge in [-0.1, -0.05) is 24.3 Å². The normalized spacial score (nSPS) is 13.0. The molecule has 0 aliphatic rings. The van der Waals surface area contributed by atoms with Crippen molar-refractivity contribution in [3.8, 4) is 0 Å². The molecule has 4 heteroatoms. The average molecular weight is 294 g/mol. The van der Waals surface area contributed by atoms with Gasteiger partial charge < -0.3 is 14.6 Å². The maximum absolute atomic E-state index is 11.8. The molecular formula is C17H26O4. The number of hydrogen-bond donors (Lipinski definition) is 1. The molecule has 0 bridgehead atoms. The molecule has 0 aromatic heterocycles. The minimum Gasteiger partial charge on any atom is -0.465 e. The van der Waals surface area contributed by atoms with Crippen LogP contribution in [0, 0.1) is 0 Å². The van der Waals surface area contributed by atoms with Crippen molar-refractivity contribution in [2.75, 3.05) is 13.2 Å². The Hall–Kier alpha value is -1.39. The molecule has 21 heavy (non-hydrogen) atoms. The fourth-order valence-corrected chi connectivity index (χ4v) is 1.70. The van der Waals surface area contributed by atoms with E-state index in [1.807, 2.05) is 52.0 Å². The molecule has 118 valence electrons. The van der Waals surface area contributed by atoms with Gasteiger partial charge in [0, 0.05) is 13.0 Å². The average Bonchev–Trinajstić information content (AvgIpc) is 2.44. The summed E-state index contributed by atoms with van der Waals surface area (Å²) in [5, 5.41) is 8.67. The second-order valence-corrected chi connectivity index (χ2v) is 6.11. The number of esters is 1. The molecule has 0 saturated heterocycles. The number of rotatable bonds is 7. The molecule has 0 aliphatic carbocycles. The minimum absolute atomic E-state index is 0.0319. The third-order valence-corrected chi connectivity index (χ3v) is 3.05. The molecule has 0 spiro atoms. The molecule has 0 aliphatic heterocycles. The number of carbonyl (C=O) groups is 1. The van der Waals surface area contributed by atoms with Crippen LogP contribution in [0.4, 0.5) is 0 Å². The van der Waals surface area contributed by atoms with Gasteiger partial charge >= 0.3 is 5.97 Å². The van der Waals surface area contributed by atoms with Crippen molar-refractivity contribution in [1.29, 1.82) is 0 Å². The standard InChI is InChI=1S/C17H26O4/c1-13(16(19)20-11-5-10-18)15-8-6-14(7-9-15)12-21-17(2,3)4/h6-9,13,18H,5,10-12H2,1-4H3/t13-/m1/s1. The Balaban J connectivity index is 2.54. The Bertz CT molecular complexity index is 431. The smallest absolute Gasteiger partial charge is 0.313 e. The largest absolute Gasteiger partial charge is 0.465 e. The van der Waals surface area contributed by atoms with Gasteiger partial charge in [-0.3, -0.25) is 4.79 Å². The summed E-state index contributed by atoms with van der Waals surface area (Å²) >= 11 is 0. The lowest BCUT2D eigenvalue weighted by Crippen LogP contribution is -2.18. The van der Waals surface area contributed by atoms with Gasteiger partial charge in [0.25, 0.3) is 0 Å². The molecule has 0 amide bonds.